The Bertz CT molecular complexity index is 829. The fraction of sp³-hybridized carbons (Fsp3) is 0.500. The van der Waals surface area contributed by atoms with Gasteiger partial charge in [0.2, 0.25) is 5.91 Å². The van der Waals surface area contributed by atoms with E-state index in [4.69, 9.17) is 9.57 Å². The summed E-state index contributed by atoms with van der Waals surface area (Å²) in [5.41, 5.74) is 3.22. The summed E-state index contributed by atoms with van der Waals surface area (Å²) in [6.45, 7) is 0.675. The lowest BCUT2D eigenvalue weighted by atomic mass is 9.94. The minimum Gasteiger partial charge on any atom is -0.350 e. The van der Waals surface area contributed by atoms with Gasteiger partial charge in [0.05, 0.1) is 4.75 Å². The van der Waals surface area contributed by atoms with Gasteiger partial charge in [-0.05, 0) is 49.6 Å². The highest BCUT2D eigenvalue weighted by atomic mass is 32.2. The standard InChI is InChI=1S/C22H26FNO3S2/c23-17-8-2-1-7-16(17)18-10-11-19(29-18)22(12-4-6-14-28-22)15-20(25)24-27-21-9-3-5-13-26-21/h1-2,7-8,10-11,21H,3-6,9,12-15H2,(H,24,25). The van der Waals surface area contributed by atoms with Gasteiger partial charge in [-0.2, -0.15) is 0 Å². The van der Waals surface area contributed by atoms with E-state index in [1.807, 2.05) is 23.9 Å². The van der Waals surface area contributed by atoms with E-state index in [9.17, 15) is 9.18 Å². The Hall–Kier alpha value is -1.41. The van der Waals surface area contributed by atoms with E-state index in [2.05, 4.69) is 11.5 Å². The summed E-state index contributed by atoms with van der Waals surface area (Å²) in [5.74, 6) is 0.673. The van der Waals surface area contributed by atoms with Crippen LogP contribution in [0, 0.1) is 5.82 Å². The number of ether oxygens (including phenoxy) is 1. The SMILES string of the molecule is O=C(CC1(c2ccc(-c3ccccc3F)s2)CCCCS1)NOC1CCCCO1. The first-order valence-electron chi connectivity index (χ1n) is 10.2. The average Bonchev–Trinajstić information content (AvgIpc) is 3.25. The molecule has 2 unspecified atom stereocenters. The van der Waals surface area contributed by atoms with E-state index in [-0.39, 0.29) is 22.8 Å². The van der Waals surface area contributed by atoms with Crippen LogP contribution < -0.4 is 5.48 Å². The summed E-state index contributed by atoms with van der Waals surface area (Å²) in [7, 11) is 0. The van der Waals surface area contributed by atoms with Crippen LogP contribution in [0.3, 0.4) is 0 Å². The van der Waals surface area contributed by atoms with E-state index < -0.39 is 0 Å². The molecule has 2 saturated heterocycles. The lowest BCUT2D eigenvalue weighted by molar-refractivity contribution is -0.200. The largest absolute Gasteiger partial charge is 0.350 e. The number of thiophene rings is 1. The minimum atomic E-state index is -0.350. The number of thioether (sulfide) groups is 1. The summed E-state index contributed by atoms with van der Waals surface area (Å²) in [6, 6.07) is 10.9. The van der Waals surface area contributed by atoms with Crippen LogP contribution in [-0.4, -0.2) is 24.6 Å². The molecular weight excluding hydrogens is 409 g/mol. The van der Waals surface area contributed by atoms with Crippen LogP contribution in [0.4, 0.5) is 4.39 Å². The first-order valence-corrected chi connectivity index (χ1v) is 12.0. The van der Waals surface area contributed by atoms with Gasteiger partial charge in [-0.25, -0.2) is 14.7 Å². The van der Waals surface area contributed by atoms with E-state index in [1.54, 1.807) is 23.5 Å². The molecule has 0 spiro atoms. The van der Waals surface area contributed by atoms with Crippen molar-refractivity contribution in [3.05, 3.63) is 47.1 Å². The Balaban J connectivity index is 1.48. The number of benzene rings is 1. The molecule has 0 bridgehead atoms. The van der Waals surface area contributed by atoms with Gasteiger partial charge in [-0.1, -0.05) is 24.6 Å². The van der Waals surface area contributed by atoms with Crippen molar-refractivity contribution in [2.75, 3.05) is 12.4 Å². The predicted octanol–water partition coefficient (Wildman–Crippen LogP) is 5.63. The Morgan fingerprint density at radius 3 is 2.86 bits per heavy atom. The topological polar surface area (TPSA) is 47.6 Å². The summed E-state index contributed by atoms with van der Waals surface area (Å²) in [4.78, 5) is 20.2. The smallest absolute Gasteiger partial charge is 0.245 e. The van der Waals surface area contributed by atoms with Crippen LogP contribution in [0.1, 0.15) is 49.8 Å². The van der Waals surface area contributed by atoms with Gasteiger partial charge in [0.1, 0.15) is 5.82 Å². The molecule has 0 saturated carbocycles. The first-order chi connectivity index (χ1) is 14.2. The van der Waals surface area contributed by atoms with Gasteiger partial charge in [0.15, 0.2) is 6.29 Å². The molecule has 3 heterocycles. The summed E-state index contributed by atoms with van der Waals surface area (Å²) in [6.07, 6.45) is 6.06. The maximum Gasteiger partial charge on any atom is 0.245 e. The van der Waals surface area contributed by atoms with Crippen LogP contribution in [0.25, 0.3) is 10.4 Å². The van der Waals surface area contributed by atoms with Gasteiger partial charge in [-0.15, -0.1) is 23.1 Å². The normalized spacial score (nSPS) is 24.9. The molecule has 2 aliphatic rings. The fourth-order valence-corrected chi connectivity index (χ4v) is 6.81. The summed E-state index contributed by atoms with van der Waals surface area (Å²) in [5, 5.41) is 0. The van der Waals surface area contributed by atoms with Crippen LogP contribution in [0.15, 0.2) is 36.4 Å². The molecule has 7 heteroatoms. The molecule has 1 amide bonds. The third-order valence-electron chi connectivity index (χ3n) is 5.44. The number of nitrogens with one attached hydrogen (secondary N) is 1. The van der Waals surface area contributed by atoms with Gasteiger partial charge in [0, 0.05) is 34.8 Å². The third-order valence-corrected chi connectivity index (χ3v) is 8.50. The second-order valence-corrected chi connectivity index (χ2v) is 10.1. The first kappa shape index (κ1) is 20.8. The lowest BCUT2D eigenvalue weighted by Crippen LogP contribution is -2.37. The van der Waals surface area contributed by atoms with E-state index in [0.29, 0.717) is 18.6 Å². The summed E-state index contributed by atoms with van der Waals surface area (Å²) >= 11 is 3.42. The van der Waals surface area contributed by atoms with E-state index in [0.717, 1.165) is 54.0 Å². The number of rotatable bonds is 6. The van der Waals surface area contributed by atoms with Crippen LogP contribution >= 0.6 is 23.1 Å². The molecule has 1 aromatic carbocycles. The van der Waals surface area contributed by atoms with Crippen LogP contribution in [-0.2, 0) is 19.1 Å². The van der Waals surface area contributed by atoms with E-state index >= 15 is 0 Å². The molecule has 2 aliphatic heterocycles. The zero-order chi connectivity index (χ0) is 20.1. The summed E-state index contributed by atoms with van der Waals surface area (Å²) < 4.78 is 19.5. The molecule has 4 nitrogen and oxygen atoms in total. The average molecular weight is 436 g/mol. The monoisotopic (exact) mass is 435 g/mol. The van der Waals surface area contributed by atoms with E-state index in [1.165, 1.54) is 6.07 Å². The second kappa shape index (κ2) is 9.60. The molecule has 2 aromatic rings. The van der Waals surface area contributed by atoms with Crippen LogP contribution in [0.2, 0.25) is 0 Å². The highest BCUT2D eigenvalue weighted by Crippen LogP contribution is 2.51. The van der Waals surface area contributed by atoms with Crippen molar-refractivity contribution in [2.45, 2.75) is 56.0 Å². The van der Waals surface area contributed by atoms with Gasteiger partial charge >= 0.3 is 0 Å². The molecule has 1 aromatic heterocycles. The molecular formula is C22H26FNO3S2. The lowest BCUT2D eigenvalue weighted by Gasteiger charge is -2.35. The molecule has 2 fully saturated rings. The van der Waals surface area contributed by atoms with Gasteiger partial charge in [0.25, 0.3) is 0 Å². The zero-order valence-corrected chi connectivity index (χ0v) is 18.0. The maximum absolute atomic E-state index is 14.2. The number of hydrogen-bond donors (Lipinski definition) is 1. The number of hydroxylamine groups is 1. The molecule has 4 rings (SSSR count). The van der Waals surface area contributed by atoms with Crippen molar-refractivity contribution >= 4 is 29.0 Å². The Kier molecular flexibility index (Phi) is 6.90. The van der Waals surface area contributed by atoms with Gasteiger partial charge in [-0.3, -0.25) is 4.79 Å². The molecule has 0 aliphatic carbocycles. The molecule has 156 valence electrons. The number of halogens is 1. The van der Waals surface area contributed by atoms with Gasteiger partial charge < -0.3 is 4.74 Å². The molecule has 0 radical (unpaired) electrons. The Labute approximate surface area is 179 Å². The highest BCUT2D eigenvalue weighted by molar-refractivity contribution is 8.00. The van der Waals surface area contributed by atoms with Crippen molar-refractivity contribution in [3.63, 3.8) is 0 Å². The Morgan fingerprint density at radius 2 is 2.10 bits per heavy atom. The third kappa shape index (κ3) is 5.02. The number of amides is 1. The minimum absolute atomic E-state index is 0.130. The van der Waals surface area contributed by atoms with Crippen molar-refractivity contribution in [2.24, 2.45) is 0 Å². The fourth-order valence-electron chi connectivity index (χ4n) is 3.89. The Morgan fingerprint density at radius 1 is 1.21 bits per heavy atom. The number of hydrogen-bond acceptors (Lipinski definition) is 5. The van der Waals surface area contributed by atoms with Crippen molar-refractivity contribution in [1.29, 1.82) is 0 Å². The number of carbonyl (C=O) groups is 1. The highest BCUT2D eigenvalue weighted by Gasteiger charge is 2.38. The molecule has 2 atom stereocenters. The number of carbonyl (C=O) groups excluding carboxylic acids is 1. The predicted molar refractivity (Wildman–Crippen MR) is 115 cm³/mol. The zero-order valence-electron chi connectivity index (χ0n) is 16.3. The van der Waals surface area contributed by atoms with Crippen molar-refractivity contribution in [1.82, 2.24) is 5.48 Å². The van der Waals surface area contributed by atoms with Crippen LogP contribution in [0.5, 0.6) is 0 Å². The molecule has 29 heavy (non-hydrogen) atoms. The molecule has 1 N–H and O–H groups in total. The van der Waals surface area contributed by atoms with Crippen molar-refractivity contribution < 1.29 is 18.8 Å². The van der Waals surface area contributed by atoms with Crippen molar-refractivity contribution in [3.8, 4) is 10.4 Å². The quantitative estimate of drug-likeness (QED) is 0.597. The maximum atomic E-state index is 14.2. The second-order valence-electron chi connectivity index (χ2n) is 7.56.